The average molecular weight is 256 g/mol. The number of aryl methyl sites for hydroxylation is 2. The monoisotopic (exact) mass is 256 g/mol. The van der Waals surface area contributed by atoms with Crippen molar-refractivity contribution in [2.45, 2.75) is 25.9 Å². The number of rotatable bonds is 7. The molecule has 0 unspecified atom stereocenters. The third-order valence-corrected chi connectivity index (χ3v) is 5.81. The van der Waals surface area contributed by atoms with Crippen molar-refractivity contribution in [1.29, 1.82) is 0 Å². The van der Waals surface area contributed by atoms with Gasteiger partial charge in [-0.1, -0.05) is 6.07 Å². The van der Waals surface area contributed by atoms with E-state index >= 15 is 0 Å². The summed E-state index contributed by atoms with van der Waals surface area (Å²) in [6.07, 6.45) is 3.07. The molecule has 0 aromatic carbocycles. The molecule has 0 spiro atoms. The van der Waals surface area contributed by atoms with Crippen LogP contribution in [0.5, 0.6) is 0 Å². The molecule has 17 heavy (non-hydrogen) atoms. The lowest BCUT2D eigenvalue weighted by atomic mass is 10.3. The van der Waals surface area contributed by atoms with E-state index in [0.717, 1.165) is 19.0 Å². The molecule has 0 fully saturated rings. The van der Waals surface area contributed by atoms with E-state index in [0.29, 0.717) is 0 Å². The van der Waals surface area contributed by atoms with Gasteiger partial charge in [0.25, 0.3) is 0 Å². The summed E-state index contributed by atoms with van der Waals surface area (Å²) < 4.78 is 18.4. The molecular formula is C12H22NO3Si+. The van der Waals surface area contributed by atoms with Crippen LogP contribution in [0.25, 0.3) is 0 Å². The summed E-state index contributed by atoms with van der Waals surface area (Å²) in [5.41, 5.74) is 1.26. The highest BCUT2D eigenvalue weighted by Gasteiger charge is 2.37. The molecule has 4 nitrogen and oxygen atoms in total. The van der Waals surface area contributed by atoms with Gasteiger partial charge in [0.1, 0.15) is 6.54 Å². The van der Waals surface area contributed by atoms with E-state index in [-0.39, 0.29) is 0 Å². The molecule has 0 saturated carbocycles. The van der Waals surface area contributed by atoms with Crippen molar-refractivity contribution >= 4 is 8.80 Å². The fourth-order valence-corrected chi connectivity index (χ4v) is 3.54. The first-order valence-electron chi connectivity index (χ1n) is 5.78. The molecular weight excluding hydrogens is 234 g/mol. The zero-order valence-electron chi connectivity index (χ0n) is 11.1. The van der Waals surface area contributed by atoms with E-state index in [2.05, 4.69) is 23.8 Å². The molecule has 0 radical (unpaired) electrons. The predicted molar refractivity (Wildman–Crippen MR) is 67.6 cm³/mol. The molecule has 0 N–H and O–H groups in total. The third-order valence-electron chi connectivity index (χ3n) is 2.98. The van der Waals surface area contributed by atoms with Crippen molar-refractivity contribution in [3.8, 4) is 0 Å². The van der Waals surface area contributed by atoms with Crippen LogP contribution in [0.3, 0.4) is 0 Å². The Kier molecular flexibility index (Phi) is 5.77. The minimum Gasteiger partial charge on any atom is -0.377 e. The van der Waals surface area contributed by atoms with Crippen LogP contribution < -0.4 is 4.57 Å². The maximum atomic E-state index is 5.39. The first-order chi connectivity index (χ1) is 8.17. The highest BCUT2D eigenvalue weighted by Crippen LogP contribution is 2.14. The molecule has 0 atom stereocenters. The predicted octanol–water partition coefficient (Wildman–Crippen LogP) is 1.55. The van der Waals surface area contributed by atoms with Crippen LogP contribution in [-0.4, -0.2) is 30.1 Å². The van der Waals surface area contributed by atoms with Gasteiger partial charge >= 0.3 is 8.80 Å². The SMILES string of the molecule is CO[Si](CCC[n+]1ccccc1C)(OC)OC. The normalized spacial score (nSPS) is 11.8. The quantitative estimate of drug-likeness (QED) is 0.548. The van der Waals surface area contributed by atoms with E-state index in [1.165, 1.54) is 5.69 Å². The maximum absolute atomic E-state index is 5.39. The minimum atomic E-state index is -2.40. The van der Waals surface area contributed by atoms with E-state index in [9.17, 15) is 0 Å². The molecule has 0 aliphatic rings. The summed E-state index contributed by atoms with van der Waals surface area (Å²) in [7, 11) is 2.56. The Balaban J connectivity index is 2.49. The standard InChI is InChI=1S/C12H22NO3Si/c1-12-8-5-6-9-13(12)10-7-11-17(14-2,15-3)16-4/h5-6,8-9H,7,10-11H2,1-4H3/q+1. The summed E-state index contributed by atoms with van der Waals surface area (Å²) in [5, 5.41) is 0. The third kappa shape index (κ3) is 3.88. The Morgan fingerprint density at radius 3 is 2.29 bits per heavy atom. The molecule has 0 bridgehead atoms. The molecule has 1 rings (SSSR count). The van der Waals surface area contributed by atoms with Gasteiger partial charge in [-0.05, 0) is 0 Å². The van der Waals surface area contributed by atoms with Crippen molar-refractivity contribution in [2.24, 2.45) is 0 Å². The lowest BCUT2D eigenvalue weighted by Gasteiger charge is -2.23. The summed E-state index contributed by atoms with van der Waals surface area (Å²) in [6, 6.07) is 7.02. The van der Waals surface area contributed by atoms with Crippen LogP contribution in [0.1, 0.15) is 12.1 Å². The topological polar surface area (TPSA) is 31.6 Å². The number of hydrogen-bond donors (Lipinski definition) is 0. The Labute approximate surface area is 105 Å². The van der Waals surface area contributed by atoms with Crippen molar-refractivity contribution in [2.75, 3.05) is 21.3 Å². The highest BCUT2D eigenvalue weighted by molar-refractivity contribution is 6.60. The van der Waals surface area contributed by atoms with E-state index in [4.69, 9.17) is 13.3 Å². The van der Waals surface area contributed by atoms with Crippen LogP contribution >= 0.6 is 0 Å². The second-order valence-corrected chi connectivity index (χ2v) is 7.03. The van der Waals surface area contributed by atoms with Crippen LogP contribution in [0.4, 0.5) is 0 Å². The van der Waals surface area contributed by atoms with Crippen LogP contribution in [0, 0.1) is 6.92 Å². The number of hydrogen-bond acceptors (Lipinski definition) is 3. The van der Waals surface area contributed by atoms with Crippen LogP contribution in [0.2, 0.25) is 6.04 Å². The van der Waals surface area contributed by atoms with Gasteiger partial charge in [-0.2, -0.15) is 0 Å². The van der Waals surface area contributed by atoms with Crippen molar-refractivity contribution in [1.82, 2.24) is 0 Å². The first-order valence-corrected chi connectivity index (χ1v) is 7.71. The second-order valence-electron chi connectivity index (χ2n) is 3.93. The van der Waals surface area contributed by atoms with Crippen LogP contribution in [0.15, 0.2) is 24.4 Å². The molecule has 0 amide bonds. The van der Waals surface area contributed by atoms with E-state index in [1.807, 2.05) is 12.1 Å². The van der Waals surface area contributed by atoms with E-state index < -0.39 is 8.80 Å². The fourth-order valence-electron chi connectivity index (χ4n) is 1.83. The van der Waals surface area contributed by atoms with Crippen molar-refractivity contribution in [3.05, 3.63) is 30.1 Å². The lowest BCUT2D eigenvalue weighted by molar-refractivity contribution is -0.702. The molecule has 1 heterocycles. The Morgan fingerprint density at radius 1 is 1.12 bits per heavy atom. The molecule has 0 aliphatic heterocycles. The van der Waals surface area contributed by atoms with Gasteiger partial charge in [0, 0.05) is 52.9 Å². The molecule has 1 aromatic heterocycles. The zero-order chi connectivity index (χ0) is 12.7. The van der Waals surface area contributed by atoms with Crippen LogP contribution in [-0.2, 0) is 19.8 Å². The van der Waals surface area contributed by atoms with Gasteiger partial charge in [0.05, 0.1) is 0 Å². The van der Waals surface area contributed by atoms with Gasteiger partial charge in [-0.3, -0.25) is 0 Å². The molecule has 0 aliphatic carbocycles. The summed E-state index contributed by atoms with van der Waals surface area (Å²) in [4.78, 5) is 0. The fraction of sp³-hybridized carbons (Fsp3) is 0.583. The van der Waals surface area contributed by atoms with Gasteiger partial charge in [0.15, 0.2) is 11.9 Å². The van der Waals surface area contributed by atoms with Gasteiger partial charge < -0.3 is 13.3 Å². The highest BCUT2D eigenvalue weighted by atomic mass is 28.4. The first kappa shape index (κ1) is 14.3. The summed E-state index contributed by atoms with van der Waals surface area (Å²) in [6.45, 7) is 3.06. The lowest BCUT2D eigenvalue weighted by Crippen LogP contribution is -2.44. The van der Waals surface area contributed by atoms with Gasteiger partial charge in [0.2, 0.25) is 0 Å². The molecule has 5 heteroatoms. The van der Waals surface area contributed by atoms with Gasteiger partial charge in [-0.15, -0.1) is 0 Å². The number of aromatic nitrogens is 1. The molecule has 1 aromatic rings. The summed E-state index contributed by atoms with van der Waals surface area (Å²) >= 11 is 0. The zero-order valence-corrected chi connectivity index (χ0v) is 12.1. The Morgan fingerprint density at radius 2 is 1.76 bits per heavy atom. The maximum Gasteiger partial charge on any atom is 0.500 e. The second kappa shape index (κ2) is 6.86. The van der Waals surface area contributed by atoms with Crippen molar-refractivity contribution in [3.63, 3.8) is 0 Å². The smallest absolute Gasteiger partial charge is 0.377 e. The molecule has 96 valence electrons. The Hall–Kier alpha value is -0.753. The largest absolute Gasteiger partial charge is 0.500 e. The van der Waals surface area contributed by atoms with Gasteiger partial charge in [-0.25, -0.2) is 4.57 Å². The molecule has 0 saturated heterocycles. The average Bonchev–Trinajstić information content (AvgIpc) is 2.37. The van der Waals surface area contributed by atoms with E-state index in [1.54, 1.807) is 21.3 Å². The minimum absolute atomic E-state index is 0.831. The number of pyridine rings is 1. The summed E-state index contributed by atoms with van der Waals surface area (Å²) in [5.74, 6) is 0. The van der Waals surface area contributed by atoms with Crippen molar-refractivity contribution < 1.29 is 17.8 Å². The Bertz CT molecular complexity index is 334. The number of nitrogens with zero attached hydrogens (tertiary/aromatic N) is 1.